The van der Waals surface area contributed by atoms with Crippen LogP contribution in [0.1, 0.15) is 36.2 Å². The van der Waals surface area contributed by atoms with E-state index >= 15 is 0 Å². The average molecular weight is 203 g/mol. The highest BCUT2D eigenvalue weighted by atomic mass is 16.1. The van der Waals surface area contributed by atoms with Crippen molar-refractivity contribution < 1.29 is 4.79 Å². The topological polar surface area (TPSA) is 29.1 Å². The number of hydrogen-bond acceptors (Lipinski definition) is 2. The molecule has 0 heterocycles. The van der Waals surface area contributed by atoms with E-state index in [9.17, 15) is 4.79 Å². The first-order valence-corrected chi connectivity index (χ1v) is 5.15. The van der Waals surface area contributed by atoms with Crippen LogP contribution in [0.3, 0.4) is 0 Å². The Morgan fingerprint density at radius 2 is 2.20 bits per heavy atom. The van der Waals surface area contributed by atoms with Crippen molar-refractivity contribution in [2.75, 3.05) is 12.4 Å². The molecule has 1 aromatic carbocycles. The molecule has 0 aliphatic heterocycles. The minimum absolute atomic E-state index is 0.712. The molecule has 0 spiro atoms. The summed E-state index contributed by atoms with van der Waals surface area (Å²) < 4.78 is 0. The van der Waals surface area contributed by atoms with Crippen LogP contribution in [0, 0.1) is 0 Å². The van der Waals surface area contributed by atoms with Gasteiger partial charge in [-0.05, 0) is 37.1 Å². The van der Waals surface area contributed by atoms with Gasteiger partial charge in [-0.25, -0.2) is 0 Å². The van der Waals surface area contributed by atoms with Crippen molar-refractivity contribution in [1.82, 2.24) is 0 Å². The van der Waals surface area contributed by atoms with E-state index in [1.807, 2.05) is 25.2 Å². The van der Waals surface area contributed by atoms with Gasteiger partial charge in [0.1, 0.15) is 6.29 Å². The molecule has 2 heteroatoms. The molecule has 15 heavy (non-hydrogen) atoms. The second-order valence-corrected chi connectivity index (χ2v) is 3.56. The SMILES string of the molecule is CC/C(C)=C\c1cc(C=O)ccc1NC. The molecule has 0 bridgehead atoms. The van der Waals surface area contributed by atoms with Gasteiger partial charge in [-0.2, -0.15) is 0 Å². The van der Waals surface area contributed by atoms with Gasteiger partial charge >= 0.3 is 0 Å². The molecular weight excluding hydrogens is 186 g/mol. The normalized spacial score (nSPS) is 11.3. The van der Waals surface area contributed by atoms with Gasteiger partial charge in [0.15, 0.2) is 0 Å². The van der Waals surface area contributed by atoms with E-state index in [1.54, 1.807) is 0 Å². The number of aldehydes is 1. The van der Waals surface area contributed by atoms with Crippen LogP contribution in [0.5, 0.6) is 0 Å². The maximum atomic E-state index is 10.7. The number of hydrogen-bond donors (Lipinski definition) is 1. The van der Waals surface area contributed by atoms with Crippen LogP contribution in [0.15, 0.2) is 23.8 Å². The lowest BCUT2D eigenvalue weighted by Crippen LogP contribution is -1.93. The van der Waals surface area contributed by atoms with Crippen LogP contribution < -0.4 is 5.32 Å². The number of carbonyl (C=O) groups is 1. The molecule has 0 aliphatic carbocycles. The number of carbonyl (C=O) groups excluding carboxylic acids is 1. The third-order valence-corrected chi connectivity index (χ3v) is 2.44. The summed E-state index contributed by atoms with van der Waals surface area (Å²) in [5.74, 6) is 0. The third-order valence-electron chi connectivity index (χ3n) is 2.44. The molecule has 0 radical (unpaired) electrons. The Morgan fingerprint density at radius 3 is 2.73 bits per heavy atom. The summed E-state index contributed by atoms with van der Waals surface area (Å²) in [5.41, 5.74) is 4.13. The van der Waals surface area contributed by atoms with Gasteiger partial charge in [-0.1, -0.05) is 18.6 Å². The highest BCUT2D eigenvalue weighted by Gasteiger charge is 2.00. The Hall–Kier alpha value is -1.57. The summed E-state index contributed by atoms with van der Waals surface area (Å²) in [5, 5.41) is 3.12. The zero-order valence-corrected chi connectivity index (χ0v) is 9.50. The van der Waals surface area contributed by atoms with Crippen molar-refractivity contribution in [1.29, 1.82) is 0 Å². The molecule has 0 aromatic heterocycles. The lowest BCUT2D eigenvalue weighted by molar-refractivity contribution is 0.112. The van der Waals surface area contributed by atoms with Gasteiger partial charge in [0, 0.05) is 18.3 Å². The van der Waals surface area contributed by atoms with Crippen molar-refractivity contribution in [3.8, 4) is 0 Å². The minimum atomic E-state index is 0.712. The second-order valence-electron chi connectivity index (χ2n) is 3.56. The smallest absolute Gasteiger partial charge is 0.150 e. The van der Waals surface area contributed by atoms with Crippen molar-refractivity contribution in [2.24, 2.45) is 0 Å². The highest BCUT2D eigenvalue weighted by Crippen LogP contribution is 2.20. The predicted octanol–water partition coefficient (Wildman–Crippen LogP) is 3.35. The fourth-order valence-electron chi connectivity index (χ4n) is 1.37. The third kappa shape index (κ3) is 2.94. The molecular formula is C13H17NO. The van der Waals surface area contributed by atoms with E-state index < -0.39 is 0 Å². The van der Waals surface area contributed by atoms with E-state index in [2.05, 4.69) is 25.2 Å². The van der Waals surface area contributed by atoms with Crippen LogP contribution in [0.25, 0.3) is 6.08 Å². The number of allylic oxidation sites excluding steroid dienone is 1. The number of rotatable bonds is 4. The van der Waals surface area contributed by atoms with Crippen molar-refractivity contribution in [3.05, 3.63) is 34.9 Å². The first-order chi connectivity index (χ1) is 7.21. The molecule has 0 aliphatic rings. The minimum Gasteiger partial charge on any atom is -0.388 e. The summed E-state index contributed by atoms with van der Waals surface area (Å²) in [6, 6.07) is 5.65. The van der Waals surface area contributed by atoms with Crippen molar-refractivity contribution in [3.63, 3.8) is 0 Å². The fraction of sp³-hybridized carbons (Fsp3) is 0.308. The molecule has 2 nitrogen and oxygen atoms in total. The van der Waals surface area contributed by atoms with Gasteiger partial charge in [0.05, 0.1) is 0 Å². The Balaban J connectivity index is 3.17. The van der Waals surface area contributed by atoms with E-state index in [0.717, 1.165) is 24.0 Å². The van der Waals surface area contributed by atoms with Crippen LogP contribution >= 0.6 is 0 Å². The monoisotopic (exact) mass is 203 g/mol. The molecule has 80 valence electrons. The van der Waals surface area contributed by atoms with Gasteiger partial charge in [-0.15, -0.1) is 0 Å². The largest absolute Gasteiger partial charge is 0.388 e. The maximum absolute atomic E-state index is 10.7. The lowest BCUT2D eigenvalue weighted by atomic mass is 10.1. The summed E-state index contributed by atoms with van der Waals surface area (Å²) in [4.78, 5) is 10.7. The van der Waals surface area contributed by atoms with E-state index in [-0.39, 0.29) is 0 Å². The van der Waals surface area contributed by atoms with Gasteiger partial charge in [0.2, 0.25) is 0 Å². The Labute approximate surface area is 91.0 Å². The second kappa shape index (κ2) is 5.35. The number of nitrogens with one attached hydrogen (secondary N) is 1. The van der Waals surface area contributed by atoms with Crippen LogP contribution in [0.4, 0.5) is 5.69 Å². The van der Waals surface area contributed by atoms with Crippen LogP contribution in [-0.2, 0) is 0 Å². The van der Waals surface area contributed by atoms with Gasteiger partial charge in [0.25, 0.3) is 0 Å². The van der Waals surface area contributed by atoms with Crippen LogP contribution in [0.2, 0.25) is 0 Å². The summed E-state index contributed by atoms with van der Waals surface area (Å²) in [7, 11) is 1.88. The summed E-state index contributed by atoms with van der Waals surface area (Å²) >= 11 is 0. The highest BCUT2D eigenvalue weighted by molar-refractivity contribution is 5.80. The summed E-state index contributed by atoms with van der Waals surface area (Å²) in [6.45, 7) is 4.21. The molecule has 1 rings (SSSR count). The number of benzene rings is 1. The Morgan fingerprint density at radius 1 is 1.47 bits per heavy atom. The molecule has 1 aromatic rings. The first kappa shape index (κ1) is 11.5. The van der Waals surface area contributed by atoms with E-state index in [4.69, 9.17) is 0 Å². The maximum Gasteiger partial charge on any atom is 0.150 e. The Kier molecular flexibility index (Phi) is 4.10. The zero-order valence-electron chi connectivity index (χ0n) is 9.50. The van der Waals surface area contributed by atoms with Gasteiger partial charge < -0.3 is 5.32 Å². The van der Waals surface area contributed by atoms with Crippen molar-refractivity contribution >= 4 is 18.0 Å². The lowest BCUT2D eigenvalue weighted by Gasteiger charge is -2.07. The zero-order chi connectivity index (χ0) is 11.3. The predicted molar refractivity (Wildman–Crippen MR) is 65.3 cm³/mol. The first-order valence-electron chi connectivity index (χ1n) is 5.15. The Bertz CT molecular complexity index is 380. The van der Waals surface area contributed by atoms with E-state index in [1.165, 1.54) is 5.57 Å². The molecule has 0 atom stereocenters. The van der Waals surface area contributed by atoms with Crippen molar-refractivity contribution in [2.45, 2.75) is 20.3 Å². The fourth-order valence-corrected chi connectivity index (χ4v) is 1.37. The van der Waals surface area contributed by atoms with Gasteiger partial charge in [-0.3, -0.25) is 4.79 Å². The molecule has 1 N–H and O–H groups in total. The molecule has 0 amide bonds. The van der Waals surface area contributed by atoms with Crippen LogP contribution in [-0.4, -0.2) is 13.3 Å². The standard InChI is InChI=1S/C13H17NO/c1-4-10(2)7-12-8-11(9-15)5-6-13(12)14-3/h5-9,14H,4H2,1-3H3/b10-7-. The average Bonchev–Trinajstić information content (AvgIpc) is 2.28. The molecule has 0 saturated carbocycles. The molecule has 0 unspecified atom stereocenters. The van der Waals surface area contributed by atoms with E-state index in [0.29, 0.717) is 5.56 Å². The molecule has 0 saturated heterocycles. The molecule has 0 fully saturated rings. The number of anilines is 1. The summed E-state index contributed by atoms with van der Waals surface area (Å²) in [6.07, 6.45) is 4.01. The quantitative estimate of drug-likeness (QED) is 0.760.